The summed E-state index contributed by atoms with van der Waals surface area (Å²) in [5.74, 6) is 0. The molecule has 1 N–H and O–H groups in total. The molecule has 0 fully saturated rings. The SMILES string of the molecule is OC(Cc1cccs1)c1ccsc1. The Balaban J connectivity index is 2.04. The molecule has 68 valence electrons. The van der Waals surface area contributed by atoms with E-state index < -0.39 is 0 Å². The lowest BCUT2D eigenvalue weighted by molar-refractivity contribution is 0.180. The van der Waals surface area contributed by atoms with E-state index in [2.05, 4.69) is 6.07 Å². The van der Waals surface area contributed by atoms with Gasteiger partial charge in [-0.05, 0) is 33.8 Å². The lowest BCUT2D eigenvalue weighted by Crippen LogP contribution is -1.98. The van der Waals surface area contributed by atoms with Crippen LogP contribution < -0.4 is 0 Å². The second kappa shape index (κ2) is 4.05. The molecule has 1 nitrogen and oxygen atoms in total. The molecule has 2 aromatic rings. The molecule has 0 aliphatic rings. The number of thiophene rings is 2. The minimum atomic E-state index is -0.343. The summed E-state index contributed by atoms with van der Waals surface area (Å²) in [7, 11) is 0. The highest BCUT2D eigenvalue weighted by atomic mass is 32.1. The summed E-state index contributed by atoms with van der Waals surface area (Å²) < 4.78 is 0. The van der Waals surface area contributed by atoms with E-state index in [1.807, 2.05) is 28.3 Å². The van der Waals surface area contributed by atoms with Crippen molar-refractivity contribution in [3.63, 3.8) is 0 Å². The molecule has 0 amide bonds. The van der Waals surface area contributed by atoms with Gasteiger partial charge in [-0.1, -0.05) is 6.07 Å². The van der Waals surface area contributed by atoms with Gasteiger partial charge in [0.25, 0.3) is 0 Å². The van der Waals surface area contributed by atoms with Crippen molar-refractivity contribution in [3.05, 3.63) is 44.8 Å². The highest BCUT2D eigenvalue weighted by molar-refractivity contribution is 7.09. The Morgan fingerprint density at radius 2 is 2.23 bits per heavy atom. The first-order valence-corrected chi connectivity index (χ1v) is 5.91. The van der Waals surface area contributed by atoms with Crippen molar-refractivity contribution in [3.8, 4) is 0 Å². The van der Waals surface area contributed by atoms with Crippen LogP contribution in [0.3, 0.4) is 0 Å². The van der Waals surface area contributed by atoms with Gasteiger partial charge in [0.1, 0.15) is 0 Å². The topological polar surface area (TPSA) is 20.2 Å². The van der Waals surface area contributed by atoms with E-state index in [0.29, 0.717) is 0 Å². The van der Waals surface area contributed by atoms with Gasteiger partial charge < -0.3 is 5.11 Å². The second-order valence-corrected chi connectivity index (χ2v) is 4.67. The molecule has 2 rings (SSSR count). The van der Waals surface area contributed by atoms with Crippen molar-refractivity contribution in [2.45, 2.75) is 12.5 Å². The Hall–Kier alpha value is -0.640. The van der Waals surface area contributed by atoms with E-state index in [4.69, 9.17) is 0 Å². The molecule has 2 aromatic heterocycles. The maximum Gasteiger partial charge on any atom is 0.0846 e. The Morgan fingerprint density at radius 3 is 2.85 bits per heavy atom. The zero-order valence-corrected chi connectivity index (χ0v) is 8.65. The fourth-order valence-electron chi connectivity index (χ4n) is 1.20. The van der Waals surface area contributed by atoms with Gasteiger partial charge in [0.15, 0.2) is 0 Å². The fraction of sp³-hybridized carbons (Fsp3) is 0.200. The summed E-state index contributed by atoms with van der Waals surface area (Å²) in [6.07, 6.45) is 0.388. The van der Waals surface area contributed by atoms with Gasteiger partial charge in [-0.2, -0.15) is 11.3 Å². The summed E-state index contributed by atoms with van der Waals surface area (Å²) in [6.45, 7) is 0. The number of aliphatic hydroxyl groups is 1. The molecular formula is C10H10OS2. The van der Waals surface area contributed by atoms with Gasteiger partial charge in [0.05, 0.1) is 6.10 Å². The van der Waals surface area contributed by atoms with E-state index in [9.17, 15) is 5.11 Å². The summed E-state index contributed by atoms with van der Waals surface area (Å²) in [6, 6.07) is 6.05. The Kier molecular flexibility index (Phi) is 2.78. The van der Waals surface area contributed by atoms with E-state index in [1.165, 1.54) is 4.88 Å². The summed E-state index contributed by atoms with van der Waals surface area (Å²) in [4.78, 5) is 1.23. The van der Waals surface area contributed by atoms with Crippen LogP contribution in [0, 0.1) is 0 Å². The smallest absolute Gasteiger partial charge is 0.0846 e. The van der Waals surface area contributed by atoms with Crippen LogP contribution in [-0.2, 0) is 6.42 Å². The Morgan fingerprint density at radius 1 is 1.31 bits per heavy atom. The van der Waals surface area contributed by atoms with Crippen molar-refractivity contribution in [1.29, 1.82) is 0 Å². The second-order valence-electron chi connectivity index (χ2n) is 2.86. The van der Waals surface area contributed by atoms with Crippen LogP contribution in [0.25, 0.3) is 0 Å². The molecular weight excluding hydrogens is 200 g/mol. The van der Waals surface area contributed by atoms with Crippen molar-refractivity contribution in [2.24, 2.45) is 0 Å². The van der Waals surface area contributed by atoms with Crippen molar-refractivity contribution >= 4 is 22.7 Å². The van der Waals surface area contributed by atoms with E-state index in [-0.39, 0.29) is 6.10 Å². The molecule has 1 unspecified atom stereocenters. The highest BCUT2D eigenvalue weighted by Crippen LogP contribution is 2.22. The quantitative estimate of drug-likeness (QED) is 0.825. The molecule has 2 heterocycles. The van der Waals surface area contributed by atoms with Gasteiger partial charge in [0, 0.05) is 11.3 Å². The van der Waals surface area contributed by atoms with Crippen molar-refractivity contribution in [1.82, 2.24) is 0 Å². The summed E-state index contributed by atoms with van der Waals surface area (Å²) >= 11 is 3.32. The molecule has 13 heavy (non-hydrogen) atoms. The molecule has 0 aliphatic heterocycles. The highest BCUT2D eigenvalue weighted by Gasteiger charge is 2.08. The Bertz CT molecular complexity index is 337. The van der Waals surface area contributed by atoms with Gasteiger partial charge >= 0.3 is 0 Å². The van der Waals surface area contributed by atoms with Gasteiger partial charge in [-0.3, -0.25) is 0 Å². The average molecular weight is 210 g/mol. The molecule has 0 radical (unpaired) electrons. The van der Waals surface area contributed by atoms with Crippen LogP contribution in [0.4, 0.5) is 0 Å². The van der Waals surface area contributed by atoms with Gasteiger partial charge in [0.2, 0.25) is 0 Å². The van der Waals surface area contributed by atoms with Crippen molar-refractivity contribution in [2.75, 3.05) is 0 Å². The van der Waals surface area contributed by atoms with Crippen LogP contribution in [0.5, 0.6) is 0 Å². The maximum absolute atomic E-state index is 9.79. The molecule has 0 aromatic carbocycles. The van der Waals surface area contributed by atoms with E-state index in [1.54, 1.807) is 22.7 Å². The maximum atomic E-state index is 9.79. The lowest BCUT2D eigenvalue weighted by Gasteiger charge is -2.05. The predicted molar refractivity (Wildman–Crippen MR) is 57.3 cm³/mol. The van der Waals surface area contributed by atoms with Crippen LogP contribution >= 0.6 is 22.7 Å². The minimum Gasteiger partial charge on any atom is -0.388 e. The third kappa shape index (κ3) is 2.18. The third-order valence-corrected chi connectivity index (χ3v) is 3.50. The third-order valence-electron chi connectivity index (χ3n) is 1.90. The Labute approximate surface area is 85.3 Å². The van der Waals surface area contributed by atoms with Gasteiger partial charge in [-0.25, -0.2) is 0 Å². The minimum absolute atomic E-state index is 0.343. The number of rotatable bonds is 3. The molecule has 0 bridgehead atoms. The molecule has 0 spiro atoms. The van der Waals surface area contributed by atoms with Crippen LogP contribution in [0.15, 0.2) is 34.3 Å². The predicted octanol–water partition coefficient (Wildman–Crippen LogP) is 3.09. The first kappa shape index (κ1) is 8.94. The average Bonchev–Trinajstić information content (AvgIpc) is 2.74. The van der Waals surface area contributed by atoms with Gasteiger partial charge in [-0.15, -0.1) is 11.3 Å². The van der Waals surface area contributed by atoms with E-state index >= 15 is 0 Å². The van der Waals surface area contributed by atoms with Crippen molar-refractivity contribution < 1.29 is 5.11 Å². The molecule has 3 heteroatoms. The standard InChI is InChI=1S/C10H10OS2/c11-10(8-3-5-12-7-8)6-9-2-1-4-13-9/h1-5,7,10-11H,6H2. The zero-order valence-electron chi connectivity index (χ0n) is 7.01. The van der Waals surface area contributed by atoms with Crippen LogP contribution in [0.2, 0.25) is 0 Å². The van der Waals surface area contributed by atoms with Crippen LogP contribution in [0.1, 0.15) is 16.5 Å². The number of hydrogen-bond acceptors (Lipinski definition) is 3. The normalized spacial score (nSPS) is 13.0. The molecule has 0 aliphatic carbocycles. The molecule has 0 saturated heterocycles. The molecule has 0 saturated carbocycles. The first-order valence-electron chi connectivity index (χ1n) is 4.09. The summed E-state index contributed by atoms with van der Waals surface area (Å²) in [5.41, 5.74) is 1.03. The lowest BCUT2D eigenvalue weighted by atomic mass is 10.1. The fourth-order valence-corrected chi connectivity index (χ4v) is 2.65. The first-order chi connectivity index (χ1) is 6.36. The van der Waals surface area contributed by atoms with E-state index in [0.717, 1.165) is 12.0 Å². The zero-order chi connectivity index (χ0) is 9.10. The molecule has 1 atom stereocenters. The largest absolute Gasteiger partial charge is 0.388 e. The number of aliphatic hydroxyl groups excluding tert-OH is 1. The number of hydrogen-bond donors (Lipinski definition) is 1. The van der Waals surface area contributed by atoms with Crippen LogP contribution in [-0.4, -0.2) is 5.11 Å². The summed E-state index contributed by atoms with van der Waals surface area (Å²) in [5, 5.41) is 15.8. The monoisotopic (exact) mass is 210 g/mol.